The van der Waals surface area contributed by atoms with Crippen LogP contribution < -0.4 is 5.32 Å². The zero-order valence-corrected chi connectivity index (χ0v) is 11.2. The van der Waals surface area contributed by atoms with Crippen LogP contribution in [0.5, 0.6) is 0 Å². The molecule has 100 valence electrons. The number of carbonyl (C=O) groups is 2. The van der Waals surface area contributed by atoms with Gasteiger partial charge in [0, 0.05) is 19.0 Å². The highest BCUT2D eigenvalue weighted by atomic mass is 16.2. The van der Waals surface area contributed by atoms with Crippen molar-refractivity contribution in [1.29, 1.82) is 0 Å². The van der Waals surface area contributed by atoms with Crippen LogP contribution in [0.15, 0.2) is 0 Å². The lowest BCUT2D eigenvalue weighted by Gasteiger charge is -2.43. The number of piperazine rings is 1. The molecule has 0 aromatic carbocycles. The van der Waals surface area contributed by atoms with Crippen LogP contribution in [-0.2, 0) is 9.59 Å². The molecule has 2 amide bonds. The van der Waals surface area contributed by atoms with Gasteiger partial charge in [-0.3, -0.25) is 9.59 Å². The Morgan fingerprint density at radius 3 is 2.72 bits per heavy atom. The van der Waals surface area contributed by atoms with E-state index in [1.165, 1.54) is 19.3 Å². The quantitative estimate of drug-likeness (QED) is 0.759. The Labute approximate surface area is 108 Å². The molecule has 4 heteroatoms. The van der Waals surface area contributed by atoms with E-state index in [2.05, 4.69) is 5.32 Å². The van der Waals surface area contributed by atoms with Gasteiger partial charge < -0.3 is 10.2 Å². The van der Waals surface area contributed by atoms with Crippen molar-refractivity contribution in [2.45, 2.75) is 45.1 Å². The van der Waals surface area contributed by atoms with E-state index in [9.17, 15) is 9.59 Å². The molecule has 4 nitrogen and oxygen atoms in total. The van der Waals surface area contributed by atoms with Crippen LogP contribution >= 0.6 is 0 Å². The van der Waals surface area contributed by atoms with Gasteiger partial charge in [0.05, 0.1) is 0 Å². The first kappa shape index (κ1) is 12.0. The standard InChI is InChI=1S/C14H22N2O2/c1-14(2)13(18)15-5-6-16(14)12(17)11-8-9-3-4-10(11)7-9/h9-11H,3-8H2,1-2H3,(H,15,18). The van der Waals surface area contributed by atoms with Crippen LogP contribution in [0.1, 0.15) is 39.5 Å². The third-order valence-corrected chi connectivity index (χ3v) is 5.17. The van der Waals surface area contributed by atoms with Crippen LogP contribution in [-0.4, -0.2) is 35.3 Å². The van der Waals surface area contributed by atoms with E-state index in [1.807, 2.05) is 18.7 Å². The highest BCUT2D eigenvalue weighted by Crippen LogP contribution is 2.49. The summed E-state index contributed by atoms with van der Waals surface area (Å²) in [6, 6.07) is 0. The summed E-state index contributed by atoms with van der Waals surface area (Å²) in [6.07, 6.45) is 4.80. The van der Waals surface area contributed by atoms with E-state index in [0.29, 0.717) is 19.0 Å². The summed E-state index contributed by atoms with van der Waals surface area (Å²) in [7, 11) is 0. The van der Waals surface area contributed by atoms with Crippen molar-refractivity contribution in [1.82, 2.24) is 10.2 Å². The molecule has 1 aliphatic heterocycles. The van der Waals surface area contributed by atoms with Gasteiger partial charge in [0.1, 0.15) is 5.54 Å². The van der Waals surface area contributed by atoms with Crippen LogP contribution in [0.25, 0.3) is 0 Å². The second kappa shape index (κ2) is 3.97. The molecule has 0 spiro atoms. The van der Waals surface area contributed by atoms with Gasteiger partial charge in [-0.1, -0.05) is 6.42 Å². The van der Waals surface area contributed by atoms with E-state index in [4.69, 9.17) is 0 Å². The molecule has 3 rings (SSSR count). The second-order valence-electron chi connectivity index (χ2n) is 6.59. The molecule has 3 fully saturated rings. The van der Waals surface area contributed by atoms with Gasteiger partial charge in [-0.05, 0) is 44.9 Å². The second-order valence-corrected chi connectivity index (χ2v) is 6.59. The minimum atomic E-state index is -0.683. The summed E-state index contributed by atoms with van der Waals surface area (Å²) in [6.45, 7) is 4.96. The Morgan fingerprint density at radius 2 is 2.11 bits per heavy atom. The Hall–Kier alpha value is -1.06. The average Bonchev–Trinajstić information content (AvgIpc) is 2.93. The zero-order valence-electron chi connectivity index (χ0n) is 11.2. The highest BCUT2D eigenvalue weighted by Gasteiger charge is 2.48. The van der Waals surface area contributed by atoms with Crippen molar-refractivity contribution in [3.8, 4) is 0 Å². The molecule has 2 saturated carbocycles. The molecule has 0 aromatic heterocycles. The minimum absolute atomic E-state index is 0.0229. The molecule has 0 radical (unpaired) electrons. The number of carbonyl (C=O) groups excluding carboxylic acids is 2. The Balaban J connectivity index is 1.77. The van der Waals surface area contributed by atoms with Gasteiger partial charge in [0.15, 0.2) is 0 Å². The van der Waals surface area contributed by atoms with E-state index in [-0.39, 0.29) is 17.7 Å². The van der Waals surface area contributed by atoms with Gasteiger partial charge in [0.2, 0.25) is 11.8 Å². The third kappa shape index (κ3) is 1.65. The lowest BCUT2D eigenvalue weighted by atomic mass is 9.86. The molecule has 3 aliphatic rings. The van der Waals surface area contributed by atoms with Gasteiger partial charge in [0.25, 0.3) is 0 Å². The summed E-state index contributed by atoms with van der Waals surface area (Å²) in [5.74, 6) is 1.75. The lowest BCUT2D eigenvalue weighted by Crippen LogP contribution is -2.64. The van der Waals surface area contributed by atoms with E-state index in [1.54, 1.807) is 0 Å². The normalized spacial score (nSPS) is 37.8. The third-order valence-electron chi connectivity index (χ3n) is 5.17. The maximum atomic E-state index is 12.7. The fourth-order valence-electron chi connectivity index (χ4n) is 4.03. The molecule has 0 aromatic rings. The van der Waals surface area contributed by atoms with Crippen molar-refractivity contribution in [2.24, 2.45) is 17.8 Å². The number of fused-ring (bicyclic) bond motifs is 2. The van der Waals surface area contributed by atoms with Crippen molar-refractivity contribution >= 4 is 11.8 Å². The molecule has 18 heavy (non-hydrogen) atoms. The molecule has 3 atom stereocenters. The van der Waals surface area contributed by atoms with Crippen LogP contribution in [0.2, 0.25) is 0 Å². The fourth-order valence-corrected chi connectivity index (χ4v) is 4.03. The maximum absolute atomic E-state index is 12.7. The topological polar surface area (TPSA) is 49.4 Å². The Bertz CT molecular complexity index is 391. The number of nitrogens with zero attached hydrogens (tertiary/aromatic N) is 1. The Kier molecular flexibility index (Phi) is 2.65. The van der Waals surface area contributed by atoms with Gasteiger partial charge in [-0.25, -0.2) is 0 Å². The average molecular weight is 250 g/mol. The molecular weight excluding hydrogens is 228 g/mol. The van der Waals surface area contributed by atoms with Gasteiger partial charge in [-0.2, -0.15) is 0 Å². The molecule has 3 unspecified atom stereocenters. The van der Waals surface area contributed by atoms with Crippen molar-refractivity contribution in [2.75, 3.05) is 13.1 Å². The number of hydrogen-bond acceptors (Lipinski definition) is 2. The number of hydrogen-bond donors (Lipinski definition) is 1. The smallest absolute Gasteiger partial charge is 0.245 e. The number of amides is 2. The summed E-state index contributed by atoms with van der Waals surface area (Å²) in [5.41, 5.74) is -0.683. The summed E-state index contributed by atoms with van der Waals surface area (Å²) < 4.78 is 0. The predicted molar refractivity (Wildman–Crippen MR) is 67.7 cm³/mol. The van der Waals surface area contributed by atoms with Crippen molar-refractivity contribution in [3.05, 3.63) is 0 Å². The first-order valence-corrected chi connectivity index (χ1v) is 7.10. The molecule has 1 heterocycles. The summed E-state index contributed by atoms with van der Waals surface area (Å²) in [5, 5.41) is 2.85. The van der Waals surface area contributed by atoms with E-state index in [0.717, 1.165) is 12.3 Å². The minimum Gasteiger partial charge on any atom is -0.352 e. The van der Waals surface area contributed by atoms with Crippen LogP contribution in [0.4, 0.5) is 0 Å². The number of rotatable bonds is 1. The van der Waals surface area contributed by atoms with Crippen molar-refractivity contribution in [3.63, 3.8) is 0 Å². The molecule has 1 saturated heterocycles. The van der Waals surface area contributed by atoms with E-state index >= 15 is 0 Å². The fraction of sp³-hybridized carbons (Fsp3) is 0.857. The van der Waals surface area contributed by atoms with Crippen molar-refractivity contribution < 1.29 is 9.59 Å². The van der Waals surface area contributed by atoms with Crippen LogP contribution in [0, 0.1) is 17.8 Å². The van der Waals surface area contributed by atoms with E-state index < -0.39 is 5.54 Å². The first-order valence-electron chi connectivity index (χ1n) is 7.10. The summed E-state index contributed by atoms with van der Waals surface area (Å²) in [4.78, 5) is 26.4. The SMILES string of the molecule is CC1(C)C(=O)NCCN1C(=O)C1CC2CCC1C2. The predicted octanol–water partition coefficient (Wildman–Crippen LogP) is 1.16. The zero-order chi connectivity index (χ0) is 12.9. The number of nitrogens with one attached hydrogen (secondary N) is 1. The molecular formula is C14H22N2O2. The molecule has 1 N–H and O–H groups in total. The first-order chi connectivity index (χ1) is 8.50. The highest BCUT2D eigenvalue weighted by molar-refractivity contribution is 5.92. The Morgan fingerprint density at radius 1 is 1.33 bits per heavy atom. The van der Waals surface area contributed by atoms with Gasteiger partial charge >= 0.3 is 0 Å². The lowest BCUT2D eigenvalue weighted by molar-refractivity contribution is -0.153. The molecule has 2 aliphatic carbocycles. The maximum Gasteiger partial charge on any atom is 0.245 e. The largest absolute Gasteiger partial charge is 0.352 e. The molecule has 2 bridgehead atoms. The monoisotopic (exact) mass is 250 g/mol. The van der Waals surface area contributed by atoms with Crippen LogP contribution in [0.3, 0.4) is 0 Å². The summed E-state index contributed by atoms with van der Waals surface area (Å²) >= 11 is 0. The van der Waals surface area contributed by atoms with Gasteiger partial charge in [-0.15, -0.1) is 0 Å².